The maximum atomic E-state index is 12.6. The Balaban J connectivity index is 1.46. The molecule has 1 aromatic heterocycles. The molecule has 0 spiro atoms. The van der Waals surface area contributed by atoms with Gasteiger partial charge in [-0.25, -0.2) is 9.78 Å². The summed E-state index contributed by atoms with van der Waals surface area (Å²) >= 11 is 0. The molecular formula is C21H19N3O2. The highest BCUT2D eigenvalue weighted by molar-refractivity contribution is 5.74. The van der Waals surface area contributed by atoms with Crippen molar-refractivity contribution in [3.63, 3.8) is 0 Å². The zero-order valence-electron chi connectivity index (χ0n) is 14.3. The first-order valence-electron chi connectivity index (χ1n) is 8.81. The van der Waals surface area contributed by atoms with Crippen molar-refractivity contribution >= 4 is 11.7 Å². The molecule has 1 aromatic carbocycles. The van der Waals surface area contributed by atoms with Crippen molar-refractivity contribution < 1.29 is 9.53 Å². The minimum atomic E-state index is -0.241. The van der Waals surface area contributed by atoms with E-state index in [-0.39, 0.29) is 18.2 Å². The molecule has 0 aliphatic carbocycles. The quantitative estimate of drug-likeness (QED) is 0.846. The second-order valence-electron chi connectivity index (χ2n) is 6.69. The van der Waals surface area contributed by atoms with Gasteiger partial charge in [0, 0.05) is 12.2 Å². The number of amides is 1. The zero-order valence-corrected chi connectivity index (χ0v) is 14.3. The Bertz CT molecular complexity index is 868. The van der Waals surface area contributed by atoms with Crippen LogP contribution in [0.3, 0.4) is 0 Å². The highest BCUT2D eigenvalue weighted by Gasteiger charge is 2.40. The summed E-state index contributed by atoms with van der Waals surface area (Å²) in [6.07, 6.45) is 6.39. The topological polar surface area (TPSA) is 66.2 Å². The summed E-state index contributed by atoms with van der Waals surface area (Å²) in [6, 6.07) is 15.7. The van der Waals surface area contributed by atoms with Crippen LogP contribution < -0.4 is 0 Å². The van der Waals surface area contributed by atoms with E-state index in [1.165, 1.54) is 5.57 Å². The number of nitrogens with zero attached hydrogens (tertiary/aromatic N) is 3. The first kappa shape index (κ1) is 16.3. The van der Waals surface area contributed by atoms with Gasteiger partial charge in [0.1, 0.15) is 18.4 Å². The molecule has 3 heterocycles. The smallest absolute Gasteiger partial charge is 0.410 e. The van der Waals surface area contributed by atoms with Crippen LogP contribution in [0.15, 0.2) is 54.7 Å². The average molecular weight is 345 g/mol. The number of nitriles is 1. The highest BCUT2D eigenvalue weighted by Crippen LogP contribution is 2.38. The summed E-state index contributed by atoms with van der Waals surface area (Å²) in [5.41, 5.74) is 3.63. The van der Waals surface area contributed by atoms with Gasteiger partial charge in [0.05, 0.1) is 6.04 Å². The number of carbonyl (C=O) groups excluding carboxylic acids is 1. The molecule has 1 amide bonds. The summed E-state index contributed by atoms with van der Waals surface area (Å²) in [5.74, 6) is 0. The second-order valence-corrected chi connectivity index (χ2v) is 6.69. The summed E-state index contributed by atoms with van der Waals surface area (Å²) in [5, 5.41) is 8.88. The Hall–Kier alpha value is -3.13. The van der Waals surface area contributed by atoms with Crippen LogP contribution in [0.2, 0.25) is 0 Å². The van der Waals surface area contributed by atoms with Crippen molar-refractivity contribution in [2.75, 3.05) is 0 Å². The van der Waals surface area contributed by atoms with E-state index >= 15 is 0 Å². The molecule has 1 fully saturated rings. The van der Waals surface area contributed by atoms with Gasteiger partial charge in [0.15, 0.2) is 0 Å². The number of fused-ring (bicyclic) bond motifs is 2. The van der Waals surface area contributed by atoms with Gasteiger partial charge in [-0.2, -0.15) is 5.26 Å². The largest absolute Gasteiger partial charge is 0.445 e. The molecule has 0 saturated carbocycles. The Labute approximate surface area is 152 Å². The van der Waals surface area contributed by atoms with Crippen LogP contribution in [0, 0.1) is 11.3 Å². The van der Waals surface area contributed by atoms with Gasteiger partial charge in [0.2, 0.25) is 0 Å². The Morgan fingerprint density at radius 3 is 2.77 bits per heavy atom. The molecule has 1 saturated heterocycles. The van der Waals surface area contributed by atoms with E-state index in [4.69, 9.17) is 10.00 Å². The lowest BCUT2D eigenvalue weighted by molar-refractivity contribution is 0.0832. The number of aromatic nitrogens is 1. The molecule has 2 aliphatic rings. The molecule has 130 valence electrons. The third kappa shape index (κ3) is 3.18. The average Bonchev–Trinajstić information content (AvgIpc) is 2.96. The lowest BCUT2D eigenvalue weighted by atomic mass is 9.96. The molecule has 2 bridgehead atoms. The number of rotatable bonds is 3. The molecular weight excluding hydrogens is 326 g/mol. The van der Waals surface area contributed by atoms with E-state index in [1.807, 2.05) is 47.4 Å². The lowest BCUT2D eigenvalue weighted by Crippen LogP contribution is -2.43. The molecule has 2 aromatic rings. The molecule has 2 aliphatic heterocycles. The van der Waals surface area contributed by atoms with E-state index in [0.717, 1.165) is 30.4 Å². The van der Waals surface area contributed by atoms with Gasteiger partial charge in [-0.15, -0.1) is 0 Å². The minimum Gasteiger partial charge on any atom is -0.445 e. The van der Waals surface area contributed by atoms with Crippen molar-refractivity contribution in [1.29, 1.82) is 5.26 Å². The van der Waals surface area contributed by atoms with E-state index in [0.29, 0.717) is 12.3 Å². The minimum absolute atomic E-state index is 0.0719. The van der Waals surface area contributed by atoms with Crippen LogP contribution in [0.1, 0.15) is 36.1 Å². The second kappa shape index (κ2) is 7.01. The fourth-order valence-corrected chi connectivity index (χ4v) is 3.77. The van der Waals surface area contributed by atoms with Crippen LogP contribution in [0.25, 0.3) is 5.57 Å². The van der Waals surface area contributed by atoms with Gasteiger partial charge in [-0.05, 0) is 42.0 Å². The van der Waals surface area contributed by atoms with Gasteiger partial charge < -0.3 is 4.74 Å². The van der Waals surface area contributed by atoms with Crippen molar-refractivity contribution in [1.82, 2.24) is 9.88 Å². The number of hydrogen-bond donors (Lipinski definition) is 0. The standard InChI is InChI=1S/C21H19N3O2/c22-12-18-7-6-16(13-23-18)17-10-19-8-9-20(11-17)24(19)21(25)26-14-15-4-2-1-3-5-15/h1-7,10,13,19-20H,8-9,11,14H2. The van der Waals surface area contributed by atoms with Gasteiger partial charge in [-0.3, -0.25) is 4.90 Å². The van der Waals surface area contributed by atoms with E-state index in [9.17, 15) is 4.79 Å². The van der Waals surface area contributed by atoms with Gasteiger partial charge >= 0.3 is 6.09 Å². The Kier molecular flexibility index (Phi) is 4.40. The van der Waals surface area contributed by atoms with Gasteiger partial charge in [0.25, 0.3) is 0 Å². The number of pyridine rings is 1. The monoisotopic (exact) mass is 345 g/mol. The maximum Gasteiger partial charge on any atom is 0.410 e. The highest BCUT2D eigenvalue weighted by atomic mass is 16.6. The molecule has 2 unspecified atom stereocenters. The Morgan fingerprint density at radius 1 is 1.23 bits per heavy atom. The fraction of sp³-hybridized carbons (Fsp3) is 0.286. The van der Waals surface area contributed by atoms with E-state index < -0.39 is 0 Å². The number of ether oxygens (including phenoxy) is 1. The number of carbonyl (C=O) groups is 1. The summed E-state index contributed by atoms with van der Waals surface area (Å²) < 4.78 is 5.53. The van der Waals surface area contributed by atoms with Crippen LogP contribution in [0.4, 0.5) is 4.79 Å². The molecule has 26 heavy (non-hydrogen) atoms. The Morgan fingerprint density at radius 2 is 2.08 bits per heavy atom. The third-order valence-corrected chi connectivity index (χ3v) is 5.06. The molecule has 5 heteroatoms. The fourth-order valence-electron chi connectivity index (χ4n) is 3.77. The first-order valence-corrected chi connectivity index (χ1v) is 8.81. The summed E-state index contributed by atoms with van der Waals surface area (Å²) in [7, 11) is 0. The maximum absolute atomic E-state index is 12.6. The summed E-state index contributed by atoms with van der Waals surface area (Å²) in [4.78, 5) is 18.6. The van der Waals surface area contributed by atoms with E-state index in [2.05, 4.69) is 11.1 Å². The molecule has 0 radical (unpaired) electrons. The SMILES string of the molecule is N#Cc1ccc(C2=CC3CCC(C2)N3C(=O)OCc2ccccc2)cn1. The van der Waals surface area contributed by atoms with Gasteiger partial charge in [-0.1, -0.05) is 42.5 Å². The number of benzene rings is 1. The predicted octanol–water partition coefficient (Wildman–Crippen LogP) is 3.91. The predicted molar refractivity (Wildman–Crippen MR) is 96.8 cm³/mol. The zero-order chi connectivity index (χ0) is 17.9. The van der Waals surface area contributed by atoms with Crippen molar-refractivity contribution in [3.05, 3.63) is 71.6 Å². The number of hydrogen-bond acceptors (Lipinski definition) is 4. The van der Waals surface area contributed by atoms with E-state index in [1.54, 1.807) is 12.3 Å². The van der Waals surface area contributed by atoms with Crippen LogP contribution in [-0.2, 0) is 11.3 Å². The molecule has 2 atom stereocenters. The lowest BCUT2D eigenvalue weighted by Gasteiger charge is -2.33. The summed E-state index contributed by atoms with van der Waals surface area (Å²) in [6.45, 7) is 0.297. The van der Waals surface area contributed by atoms with Crippen LogP contribution in [-0.4, -0.2) is 28.1 Å². The molecule has 5 nitrogen and oxygen atoms in total. The first-order chi connectivity index (χ1) is 12.7. The molecule has 0 N–H and O–H groups in total. The van der Waals surface area contributed by atoms with Crippen LogP contribution >= 0.6 is 0 Å². The third-order valence-electron chi connectivity index (χ3n) is 5.06. The molecule has 4 rings (SSSR count). The normalized spacial score (nSPS) is 21.0. The van der Waals surface area contributed by atoms with Crippen molar-refractivity contribution in [2.24, 2.45) is 0 Å². The van der Waals surface area contributed by atoms with Crippen molar-refractivity contribution in [3.8, 4) is 6.07 Å². The van der Waals surface area contributed by atoms with Crippen molar-refractivity contribution in [2.45, 2.75) is 38.0 Å². The van der Waals surface area contributed by atoms with Crippen LogP contribution in [0.5, 0.6) is 0 Å².